The fourth-order valence-corrected chi connectivity index (χ4v) is 4.54. The van der Waals surface area contributed by atoms with Gasteiger partial charge in [-0.2, -0.15) is 0 Å². The molecule has 0 aliphatic rings. The Morgan fingerprint density at radius 1 is 1.06 bits per heavy atom. The van der Waals surface area contributed by atoms with E-state index in [2.05, 4.69) is 41.5 Å². The summed E-state index contributed by atoms with van der Waals surface area (Å²) < 4.78 is 2.61. The molecule has 2 aromatic heterocycles. The van der Waals surface area contributed by atoms with E-state index in [1.807, 2.05) is 57.2 Å². The van der Waals surface area contributed by atoms with E-state index in [0.717, 1.165) is 27.1 Å². The number of carbonyl (C=O) groups excluding carboxylic acids is 1. The quantitative estimate of drug-likeness (QED) is 0.239. The summed E-state index contributed by atoms with van der Waals surface area (Å²) in [7, 11) is 0. The first-order chi connectivity index (χ1) is 15.8. The molecular formula is C23H20BrClN6OS. The van der Waals surface area contributed by atoms with E-state index in [1.165, 1.54) is 11.8 Å². The number of benzene rings is 2. The summed E-state index contributed by atoms with van der Waals surface area (Å²) in [6.07, 6.45) is 0. The van der Waals surface area contributed by atoms with Gasteiger partial charge in [-0.1, -0.05) is 50.6 Å². The maximum absolute atomic E-state index is 13.1. The third-order valence-electron chi connectivity index (χ3n) is 4.78. The van der Waals surface area contributed by atoms with E-state index in [-0.39, 0.29) is 11.6 Å². The molecule has 0 radical (unpaired) electrons. The summed E-state index contributed by atoms with van der Waals surface area (Å²) in [6, 6.07) is 14.9. The van der Waals surface area contributed by atoms with Crippen LogP contribution in [0, 0.1) is 20.8 Å². The normalized spacial score (nSPS) is 10.9. The van der Waals surface area contributed by atoms with Gasteiger partial charge in [-0.05, 0) is 68.8 Å². The second-order valence-corrected chi connectivity index (χ2v) is 9.68. The van der Waals surface area contributed by atoms with Crippen LogP contribution in [-0.2, 0) is 5.75 Å². The van der Waals surface area contributed by atoms with Gasteiger partial charge in [0, 0.05) is 32.3 Å². The van der Waals surface area contributed by atoms with Crippen LogP contribution in [0.25, 0.3) is 5.69 Å². The van der Waals surface area contributed by atoms with E-state index in [4.69, 9.17) is 11.6 Å². The molecule has 33 heavy (non-hydrogen) atoms. The second kappa shape index (κ2) is 10.0. The zero-order valence-electron chi connectivity index (χ0n) is 18.1. The lowest BCUT2D eigenvalue weighted by Gasteiger charge is -2.09. The van der Waals surface area contributed by atoms with E-state index in [1.54, 1.807) is 16.8 Å². The Balaban J connectivity index is 1.67. The molecule has 10 heteroatoms. The Morgan fingerprint density at radius 3 is 2.42 bits per heavy atom. The third-order valence-corrected chi connectivity index (χ3v) is 6.57. The molecule has 0 atom stereocenters. The number of nitrogens with zero attached hydrogens (tertiary/aromatic N) is 5. The molecule has 1 amide bonds. The summed E-state index contributed by atoms with van der Waals surface area (Å²) in [4.78, 5) is 22.1. The van der Waals surface area contributed by atoms with Crippen molar-refractivity contribution in [3.05, 3.63) is 86.4 Å². The molecule has 0 aliphatic heterocycles. The lowest BCUT2D eigenvalue weighted by Crippen LogP contribution is -2.15. The van der Waals surface area contributed by atoms with Gasteiger partial charge in [-0.15, -0.1) is 5.10 Å². The topological polar surface area (TPSA) is 85.6 Å². The summed E-state index contributed by atoms with van der Waals surface area (Å²) in [5, 5.41) is 12.5. The van der Waals surface area contributed by atoms with Gasteiger partial charge in [-0.3, -0.25) is 4.79 Å². The number of halogens is 2. The summed E-state index contributed by atoms with van der Waals surface area (Å²) in [5.74, 6) is 0.0406. The number of thioether (sulfide) groups is 1. The monoisotopic (exact) mass is 542 g/mol. The molecule has 0 unspecified atom stereocenters. The number of anilines is 1. The molecule has 0 bridgehead atoms. The molecule has 0 spiro atoms. The SMILES string of the molecule is Cc1cc(C)nc(SCc2c(C(=O)Nc3ccc(C)c(Cl)c3)nnn2-c2ccc(Br)cc2)n1. The van der Waals surface area contributed by atoms with Gasteiger partial charge in [0.1, 0.15) is 0 Å². The molecular weight excluding hydrogens is 524 g/mol. The standard InChI is InChI=1S/C23H20BrClN6OS/c1-13-4-7-17(11-19(13)25)28-22(32)21-20(12-33-23-26-14(2)10-15(3)27-23)31(30-29-21)18-8-5-16(24)6-9-18/h4-11H,12H2,1-3H3,(H,28,32). The van der Waals surface area contributed by atoms with Crippen molar-refractivity contribution in [1.29, 1.82) is 0 Å². The summed E-state index contributed by atoms with van der Waals surface area (Å²) in [6.45, 7) is 5.76. The van der Waals surface area contributed by atoms with Gasteiger partial charge in [0.2, 0.25) is 0 Å². The molecule has 4 aromatic rings. The molecule has 1 N–H and O–H groups in total. The predicted octanol–water partition coefficient (Wildman–Crippen LogP) is 5.94. The molecule has 2 aromatic carbocycles. The van der Waals surface area contributed by atoms with Crippen LogP contribution in [-0.4, -0.2) is 30.9 Å². The van der Waals surface area contributed by atoms with E-state index in [0.29, 0.717) is 27.3 Å². The largest absolute Gasteiger partial charge is 0.320 e. The van der Waals surface area contributed by atoms with Gasteiger partial charge < -0.3 is 5.32 Å². The minimum Gasteiger partial charge on any atom is -0.320 e. The molecule has 7 nitrogen and oxygen atoms in total. The first-order valence-electron chi connectivity index (χ1n) is 10.0. The van der Waals surface area contributed by atoms with Gasteiger partial charge in [0.05, 0.1) is 11.4 Å². The van der Waals surface area contributed by atoms with Crippen molar-refractivity contribution in [1.82, 2.24) is 25.0 Å². The number of hydrogen-bond donors (Lipinski definition) is 1. The first-order valence-corrected chi connectivity index (χ1v) is 12.2. The molecule has 2 heterocycles. The Bertz CT molecular complexity index is 1310. The predicted molar refractivity (Wildman–Crippen MR) is 134 cm³/mol. The van der Waals surface area contributed by atoms with Crippen LogP contribution in [0.4, 0.5) is 5.69 Å². The number of aryl methyl sites for hydroxylation is 3. The molecule has 4 rings (SSSR count). The van der Waals surface area contributed by atoms with Crippen molar-refractivity contribution >= 4 is 50.9 Å². The van der Waals surface area contributed by atoms with Gasteiger partial charge in [0.25, 0.3) is 5.91 Å². The number of nitrogens with one attached hydrogen (secondary N) is 1. The van der Waals surface area contributed by atoms with Gasteiger partial charge >= 0.3 is 0 Å². The van der Waals surface area contributed by atoms with E-state index < -0.39 is 0 Å². The maximum Gasteiger partial charge on any atom is 0.278 e. The van der Waals surface area contributed by atoms with Crippen molar-refractivity contribution in [2.24, 2.45) is 0 Å². The number of hydrogen-bond acceptors (Lipinski definition) is 6. The minimum atomic E-state index is -0.366. The fraction of sp³-hybridized carbons (Fsp3) is 0.174. The van der Waals surface area contributed by atoms with Crippen LogP contribution in [0.3, 0.4) is 0 Å². The van der Waals surface area contributed by atoms with E-state index >= 15 is 0 Å². The second-order valence-electron chi connectivity index (χ2n) is 7.41. The zero-order chi connectivity index (χ0) is 23.5. The average molecular weight is 544 g/mol. The minimum absolute atomic E-state index is 0.228. The highest BCUT2D eigenvalue weighted by Gasteiger charge is 2.22. The van der Waals surface area contributed by atoms with Crippen LogP contribution in [0.2, 0.25) is 5.02 Å². The Hall–Kier alpha value is -2.75. The average Bonchev–Trinajstić information content (AvgIpc) is 3.19. The van der Waals surface area contributed by atoms with Crippen molar-refractivity contribution in [2.75, 3.05) is 5.32 Å². The maximum atomic E-state index is 13.1. The Kier molecular flexibility index (Phi) is 7.11. The van der Waals surface area contributed by atoms with E-state index in [9.17, 15) is 4.79 Å². The van der Waals surface area contributed by atoms with Crippen LogP contribution >= 0.6 is 39.3 Å². The van der Waals surface area contributed by atoms with Crippen molar-refractivity contribution < 1.29 is 4.79 Å². The third kappa shape index (κ3) is 5.61. The summed E-state index contributed by atoms with van der Waals surface area (Å²) in [5.41, 5.74) is 4.95. The van der Waals surface area contributed by atoms with Crippen molar-refractivity contribution in [3.8, 4) is 5.69 Å². The number of rotatable bonds is 6. The Morgan fingerprint density at radius 2 is 1.76 bits per heavy atom. The van der Waals surface area contributed by atoms with Gasteiger partial charge in [-0.25, -0.2) is 14.6 Å². The Labute approximate surface area is 209 Å². The number of aromatic nitrogens is 5. The highest BCUT2D eigenvalue weighted by molar-refractivity contribution is 9.10. The van der Waals surface area contributed by atoms with Gasteiger partial charge in [0.15, 0.2) is 10.9 Å². The summed E-state index contributed by atoms with van der Waals surface area (Å²) >= 11 is 11.1. The first kappa shape index (κ1) is 23.4. The smallest absolute Gasteiger partial charge is 0.278 e. The van der Waals surface area contributed by atoms with Crippen molar-refractivity contribution in [2.45, 2.75) is 31.7 Å². The molecule has 0 saturated carbocycles. The zero-order valence-corrected chi connectivity index (χ0v) is 21.3. The fourth-order valence-electron chi connectivity index (χ4n) is 3.15. The van der Waals surface area contributed by atoms with Crippen LogP contribution in [0.15, 0.2) is 58.2 Å². The molecule has 0 aliphatic carbocycles. The molecule has 168 valence electrons. The van der Waals surface area contributed by atoms with Crippen LogP contribution in [0.5, 0.6) is 0 Å². The van der Waals surface area contributed by atoms with Crippen LogP contribution < -0.4 is 5.32 Å². The lowest BCUT2D eigenvalue weighted by atomic mass is 10.2. The van der Waals surface area contributed by atoms with Crippen molar-refractivity contribution in [3.63, 3.8) is 0 Å². The molecule has 0 saturated heterocycles. The molecule has 0 fully saturated rings. The number of amides is 1. The highest BCUT2D eigenvalue weighted by atomic mass is 79.9. The lowest BCUT2D eigenvalue weighted by molar-refractivity contribution is 0.102. The highest BCUT2D eigenvalue weighted by Crippen LogP contribution is 2.26. The number of carbonyl (C=O) groups is 1. The van der Waals surface area contributed by atoms with Crippen LogP contribution in [0.1, 0.15) is 33.1 Å².